The number of nitro benzene ring substituents is 1. The number of anilines is 1. The van der Waals surface area contributed by atoms with Crippen molar-refractivity contribution in [2.75, 3.05) is 38.0 Å². The molecule has 1 fully saturated rings. The molecule has 8 nitrogen and oxygen atoms in total. The van der Waals surface area contributed by atoms with Crippen LogP contribution in [0.25, 0.3) is 0 Å². The highest BCUT2D eigenvalue weighted by atomic mass is 19.1. The van der Waals surface area contributed by atoms with Crippen LogP contribution in [-0.2, 0) is 4.79 Å². The average molecular weight is 414 g/mol. The highest BCUT2D eigenvalue weighted by Crippen LogP contribution is 2.21. The van der Waals surface area contributed by atoms with Gasteiger partial charge in [-0.15, -0.1) is 0 Å². The summed E-state index contributed by atoms with van der Waals surface area (Å²) in [5, 5.41) is 13.6. The number of hydrogen-bond acceptors (Lipinski definition) is 5. The predicted octanol–water partition coefficient (Wildman–Crippen LogP) is 2.75. The van der Waals surface area contributed by atoms with Crippen LogP contribution in [0.3, 0.4) is 0 Å². The lowest BCUT2D eigenvalue weighted by atomic mass is 10.1. The normalized spacial score (nSPS) is 14.4. The molecule has 1 saturated heterocycles. The van der Waals surface area contributed by atoms with Gasteiger partial charge in [0.2, 0.25) is 5.91 Å². The average Bonchev–Trinajstić information content (AvgIpc) is 2.71. The lowest BCUT2D eigenvalue weighted by Gasteiger charge is -2.34. The molecule has 2 aromatic rings. The summed E-state index contributed by atoms with van der Waals surface area (Å²) in [4.78, 5) is 38.8. The first-order valence-electron chi connectivity index (χ1n) is 9.57. The summed E-state index contributed by atoms with van der Waals surface area (Å²) in [5.74, 6) is -0.857. The highest BCUT2D eigenvalue weighted by Gasteiger charge is 2.24. The van der Waals surface area contributed by atoms with Gasteiger partial charge < -0.3 is 10.2 Å². The molecule has 2 amide bonds. The van der Waals surface area contributed by atoms with Crippen LogP contribution in [0, 0.1) is 29.8 Å². The van der Waals surface area contributed by atoms with E-state index in [4.69, 9.17) is 0 Å². The third-order valence-corrected chi connectivity index (χ3v) is 5.14. The molecule has 1 aliphatic rings. The van der Waals surface area contributed by atoms with Gasteiger partial charge in [0, 0.05) is 49.6 Å². The molecule has 0 atom stereocenters. The molecule has 9 heteroatoms. The molecule has 1 heterocycles. The molecule has 2 aromatic carbocycles. The summed E-state index contributed by atoms with van der Waals surface area (Å²) >= 11 is 0. The summed E-state index contributed by atoms with van der Waals surface area (Å²) in [6, 6.07) is 8.73. The van der Waals surface area contributed by atoms with Crippen LogP contribution in [0.2, 0.25) is 0 Å². The van der Waals surface area contributed by atoms with E-state index in [1.165, 1.54) is 24.3 Å². The minimum absolute atomic E-state index is 0.0280. The molecular weight excluding hydrogens is 391 g/mol. The Bertz CT molecular complexity index is 987. The van der Waals surface area contributed by atoms with Crippen LogP contribution in [0.15, 0.2) is 36.4 Å². The second-order valence-corrected chi connectivity index (χ2v) is 7.34. The zero-order chi connectivity index (χ0) is 21.8. The van der Waals surface area contributed by atoms with Crippen molar-refractivity contribution in [3.8, 4) is 0 Å². The fraction of sp³-hybridized carbons (Fsp3) is 0.333. The summed E-state index contributed by atoms with van der Waals surface area (Å²) in [6.07, 6.45) is 0. The summed E-state index contributed by atoms with van der Waals surface area (Å²) in [7, 11) is 0. The molecule has 0 unspecified atom stereocenters. The molecule has 0 bridgehead atoms. The standard InChI is InChI=1S/C21H23FN4O4/c1-14-3-4-16(12-18(14)22)21(28)25-9-7-24(8-10-25)13-20(27)23-19-6-5-17(26(29)30)11-15(19)2/h3-6,11-12H,7-10,13H2,1-2H3,(H,23,27). The number of nitrogens with zero attached hydrogens (tertiary/aromatic N) is 3. The van der Waals surface area contributed by atoms with E-state index in [0.29, 0.717) is 48.6 Å². The fourth-order valence-electron chi connectivity index (χ4n) is 3.31. The Morgan fingerprint density at radius 3 is 2.37 bits per heavy atom. The molecule has 0 aromatic heterocycles. The van der Waals surface area contributed by atoms with Gasteiger partial charge in [-0.1, -0.05) is 6.07 Å². The van der Waals surface area contributed by atoms with Gasteiger partial charge in [-0.25, -0.2) is 4.39 Å². The van der Waals surface area contributed by atoms with Crippen molar-refractivity contribution in [1.29, 1.82) is 0 Å². The largest absolute Gasteiger partial charge is 0.336 e. The van der Waals surface area contributed by atoms with Gasteiger partial charge >= 0.3 is 0 Å². The van der Waals surface area contributed by atoms with E-state index >= 15 is 0 Å². The molecular formula is C21H23FN4O4. The van der Waals surface area contributed by atoms with E-state index in [0.717, 1.165) is 0 Å². The molecule has 1 aliphatic heterocycles. The summed E-state index contributed by atoms with van der Waals surface area (Å²) in [6.45, 7) is 5.42. The molecule has 0 aliphatic carbocycles. The van der Waals surface area contributed by atoms with Crippen molar-refractivity contribution < 1.29 is 18.9 Å². The minimum atomic E-state index is -0.482. The Morgan fingerprint density at radius 2 is 1.77 bits per heavy atom. The van der Waals surface area contributed by atoms with Crippen molar-refractivity contribution in [1.82, 2.24) is 9.80 Å². The zero-order valence-corrected chi connectivity index (χ0v) is 16.9. The SMILES string of the molecule is Cc1ccc(C(=O)N2CCN(CC(=O)Nc3ccc([N+](=O)[O-])cc3C)CC2)cc1F. The maximum atomic E-state index is 13.7. The third-order valence-electron chi connectivity index (χ3n) is 5.14. The second kappa shape index (κ2) is 9.00. The summed E-state index contributed by atoms with van der Waals surface area (Å²) < 4.78 is 13.7. The van der Waals surface area contributed by atoms with Crippen LogP contribution in [0.5, 0.6) is 0 Å². The minimum Gasteiger partial charge on any atom is -0.336 e. The number of nitro groups is 1. The number of nitrogens with one attached hydrogen (secondary N) is 1. The van der Waals surface area contributed by atoms with E-state index in [1.54, 1.807) is 30.9 Å². The van der Waals surface area contributed by atoms with Crippen molar-refractivity contribution in [2.45, 2.75) is 13.8 Å². The van der Waals surface area contributed by atoms with Crippen LogP contribution in [-0.4, -0.2) is 59.3 Å². The van der Waals surface area contributed by atoms with E-state index in [-0.39, 0.29) is 24.0 Å². The number of benzene rings is 2. The van der Waals surface area contributed by atoms with Crippen LogP contribution < -0.4 is 5.32 Å². The van der Waals surface area contributed by atoms with Crippen LogP contribution in [0.1, 0.15) is 21.5 Å². The van der Waals surface area contributed by atoms with Crippen LogP contribution in [0.4, 0.5) is 15.8 Å². The van der Waals surface area contributed by atoms with Crippen molar-refractivity contribution in [3.63, 3.8) is 0 Å². The predicted molar refractivity (Wildman–Crippen MR) is 110 cm³/mol. The number of amides is 2. The van der Waals surface area contributed by atoms with Crippen molar-refractivity contribution >= 4 is 23.2 Å². The lowest BCUT2D eigenvalue weighted by molar-refractivity contribution is -0.384. The van der Waals surface area contributed by atoms with Gasteiger partial charge in [0.25, 0.3) is 11.6 Å². The maximum absolute atomic E-state index is 13.7. The van der Waals surface area contributed by atoms with E-state index in [9.17, 15) is 24.1 Å². The van der Waals surface area contributed by atoms with Gasteiger partial charge in [-0.05, 0) is 43.2 Å². The number of carbonyl (C=O) groups excluding carboxylic acids is 2. The molecule has 30 heavy (non-hydrogen) atoms. The Balaban J connectivity index is 1.51. The maximum Gasteiger partial charge on any atom is 0.269 e. The second-order valence-electron chi connectivity index (χ2n) is 7.34. The summed E-state index contributed by atoms with van der Waals surface area (Å²) in [5.41, 5.74) is 1.92. The quantitative estimate of drug-likeness (QED) is 0.600. The lowest BCUT2D eigenvalue weighted by Crippen LogP contribution is -2.50. The number of piperazine rings is 1. The van der Waals surface area contributed by atoms with Crippen molar-refractivity contribution in [2.24, 2.45) is 0 Å². The number of hydrogen-bond donors (Lipinski definition) is 1. The van der Waals surface area contributed by atoms with Gasteiger partial charge in [-0.3, -0.25) is 24.6 Å². The van der Waals surface area contributed by atoms with E-state index in [1.807, 2.05) is 4.90 Å². The van der Waals surface area contributed by atoms with Crippen LogP contribution >= 0.6 is 0 Å². The highest BCUT2D eigenvalue weighted by molar-refractivity contribution is 5.94. The van der Waals surface area contributed by atoms with Gasteiger partial charge in [0.05, 0.1) is 11.5 Å². The molecule has 0 spiro atoms. The topological polar surface area (TPSA) is 95.8 Å². The number of aryl methyl sites for hydroxylation is 2. The van der Waals surface area contributed by atoms with E-state index in [2.05, 4.69) is 5.32 Å². The molecule has 158 valence electrons. The molecule has 0 saturated carbocycles. The Morgan fingerprint density at radius 1 is 1.07 bits per heavy atom. The zero-order valence-electron chi connectivity index (χ0n) is 16.9. The molecule has 1 N–H and O–H groups in total. The van der Waals surface area contributed by atoms with E-state index < -0.39 is 10.7 Å². The van der Waals surface area contributed by atoms with Gasteiger partial charge in [-0.2, -0.15) is 0 Å². The first-order chi connectivity index (χ1) is 14.2. The van der Waals surface area contributed by atoms with Crippen molar-refractivity contribution in [3.05, 3.63) is 69.0 Å². The van der Waals surface area contributed by atoms with Gasteiger partial charge in [0.15, 0.2) is 0 Å². The monoisotopic (exact) mass is 414 g/mol. The number of non-ortho nitro benzene ring substituents is 1. The fourth-order valence-corrected chi connectivity index (χ4v) is 3.31. The smallest absolute Gasteiger partial charge is 0.269 e. The first kappa shape index (κ1) is 21.4. The van der Waals surface area contributed by atoms with Gasteiger partial charge in [0.1, 0.15) is 5.82 Å². The Labute approximate surface area is 173 Å². The Hall–Kier alpha value is -3.33. The number of carbonyl (C=O) groups is 2. The Kier molecular flexibility index (Phi) is 6.41. The number of halogens is 1. The third kappa shape index (κ3) is 4.98. The number of rotatable bonds is 5. The first-order valence-corrected chi connectivity index (χ1v) is 9.57. The molecule has 3 rings (SSSR count). The molecule has 0 radical (unpaired) electrons.